The topological polar surface area (TPSA) is 55.8 Å². The fraction of sp³-hybridized carbons (Fsp3) is 0.154. The molecule has 0 amide bonds. The third-order valence-electron chi connectivity index (χ3n) is 2.46. The van der Waals surface area contributed by atoms with Crippen LogP contribution in [0.4, 0.5) is 0 Å². The van der Waals surface area contributed by atoms with E-state index in [9.17, 15) is 9.90 Å². The number of carbonyl (C=O) groups excluding carboxylic acids is 1. The molecule has 1 N–H and O–H groups in total. The molecule has 0 bridgehead atoms. The van der Waals surface area contributed by atoms with Gasteiger partial charge in [0.15, 0.2) is 17.8 Å². The van der Waals surface area contributed by atoms with Crippen LogP contribution in [0.1, 0.15) is 0 Å². The predicted molar refractivity (Wildman–Crippen MR) is 63.7 cm³/mol. The lowest BCUT2D eigenvalue weighted by Gasteiger charge is -2.12. The second kappa shape index (κ2) is 4.74. The lowest BCUT2D eigenvalue weighted by Crippen LogP contribution is -2.00. The number of fused-ring (bicyclic) bond motifs is 1. The van der Waals surface area contributed by atoms with E-state index >= 15 is 0 Å². The van der Waals surface area contributed by atoms with E-state index in [0.29, 0.717) is 23.2 Å². The third kappa shape index (κ3) is 2.01. The number of carbonyl (C=O) groups is 1. The Morgan fingerprint density at radius 2 is 2.12 bits per heavy atom. The number of aldehydes is 1. The normalized spacial score (nSPS) is 10.2. The standard InChI is InChI=1S/C13H12O4/c1-16-11-6-5-9-3-2-4-10(15)12(9)13(11)17-8-7-14/h2-7,15H,8H2,1H3. The zero-order chi connectivity index (χ0) is 12.3. The van der Waals surface area contributed by atoms with Crippen molar-refractivity contribution >= 4 is 17.1 Å². The van der Waals surface area contributed by atoms with Gasteiger partial charge in [-0.25, -0.2) is 0 Å². The summed E-state index contributed by atoms with van der Waals surface area (Å²) < 4.78 is 10.5. The van der Waals surface area contributed by atoms with E-state index in [4.69, 9.17) is 9.47 Å². The number of methoxy groups -OCH3 is 1. The predicted octanol–water partition coefficient (Wildman–Crippen LogP) is 2.13. The van der Waals surface area contributed by atoms with Gasteiger partial charge in [0.1, 0.15) is 12.4 Å². The monoisotopic (exact) mass is 232 g/mol. The van der Waals surface area contributed by atoms with Crippen molar-refractivity contribution in [3.63, 3.8) is 0 Å². The van der Waals surface area contributed by atoms with Gasteiger partial charge in [-0.05, 0) is 17.5 Å². The number of rotatable bonds is 4. The van der Waals surface area contributed by atoms with Gasteiger partial charge < -0.3 is 14.6 Å². The zero-order valence-corrected chi connectivity index (χ0v) is 9.34. The Morgan fingerprint density at radius 1 is 1.29 bits per heavy atom. The molecule has 0 atom stereocenters. The maximum atomic E-state index is 10.4. The van der Waals surface area contributed by atoms with Crippen LogP contribution in [-0.4, -0.2) is 25.1 Å². The number of aromatic hydroxyl groups is 1. The van der Waals surface area contributed by atoms with E-state index in [2.05, 4.69) is 0 Å². The Morgan fingerprint density at radius 3 is 2.82 bits per heavy atom. The van der Waals surface area contributed by atoms with Crippen molar-refractivity contribution in [2.45, 2.75) is 0 Å². The fourth-order valence-electron chi connectivity index (χ4n) is 1.73. The molecule has 0 saturated heterocycles. The van der Waals surface area contributed by atoms with Crippen LogP contribution in [-0.2, 0) is 4.79 Å². The van der Waals surface area contributed by atoms with Crippen LogP contribution in [0.15, 0.2) is 30.3 Å². The van der Waals surface area contributed by atoms with Gasteiger partial charge in [0.05, 0.1) is 12.5 Å². The van der Waals surface area contributed by atoms with Crippen molar-refractivity contribution in [2.75, 3.05) is 13.7 Å². The fourth-order valence-corrected chi connectivity index (χ4v) is 1.73. The van der Waals surface area contributed by atoms with Gasteiger partial charge in [0.2, 0.25) is 0 Å². The molecule has 0 aliphatic heterocycles. The average molecular weight is 232 g/mol. The first kappa shape index (κ1) is 11.3. The van der Waals surface area contributed by atoms with Crippen molar-refractivity contribution in [1.82, 2.24) is 0 Å². The zero-order valence-electron chi connectivity index (χ0n) is 9.34. The molecule has 2 aromatic rings. The van der Waals surface area contributed by atoms with Crippen LogP contribution in [0.2, 0.25) is 0 Å². The van der Waals surface area contributed by atoms with Crippen molar-refractivity contribution in [3.05, 3.63) is 30.3 Å². The summed E-state index contributed by atoms with van der Waals surface area (Å²) in [4.78, 5) is 10.4. The Hall–Kier alpha value is -2.23. The quantitative estimate of drug-likeness (QED) is 0.820. The Balaban J connectivity index is 2.68. The minimum Gasteiger partial charge on any atom is -0.507 e. The highest BCUT2D eigenvalue weighted by Gasteiger charge is 2.12. The highest BCUT2D eigenvalue weighted by molar-refractivity contribution is 5.95. The van der Waals surface area contributed by atoms with Gasteiger partial charge in [0, 0.05) is 0 Å². The Kier molecular flexibility index (Phi) is 3.14. The lowest BCUT2D eigenvalue weighted by molar-refractivity contribution is -0.109. The Bertz CT molecular complexity index is 548. The molecule has 0 radical (unpaired) electrons. The second-order valence-electron chi connectivity index (χ2n) is 3.45. The van der Waals surface area contributed by atoms with Crippen LogP contribution in [0.5, 0.6) is 17.2 Å². The van der Waals surface area contributed by atoms with Gasteiger partial charge in [-0.15, -0.1) is 0 Å². The largest absolute Gasteiger partial charge is 0.507 e. The first-order chi connectivity index (χ1) is 8.27. The molecule has 2 aromatic carbocycles. The number of benzene rings is 2. The summed E-state index contributed by atoms with van der Waals surface area (Å²) in [6.45, 7) is -0.0796. The molecule has 4 nitrogen and oxygen atoms in total. The molecule has 0 unspecified atom stereocenters. The lowest BCUT2D eigenvalue weighted by atomic mass is 10.1. The van der Waals surface area contributed by atoms with E-state index in [0.717, 1.165) is 5.39 Å². The van der Waals surface area contributed by atoms with Gasteiger partial charge >= 0.3 is 0 Å². The van der Waals surface area contributed by atoms with Crippen LogP contribution in [0.25, 0.3) is 10.8 Å². The highest BCUT2D eigenvalue weighted by atomic mass is 16.5. The molecule has 17 heavy (non-hydrogen) atoms. The highest BCUT2D eigenvalue weighted by Crippen LogP contribution is 2.40. The van der Waals surface area contributed by atoms with Gasteiger partial charge in [-0.3, -0.25) is 4.79 Å². The number of ether oxygens (including phenoxy) is 2. The summed E-state index contributed by atoms with van der Waals surface area (Å²) in [6.07, 6.45) is 0.651. The van der Waals surface area contributed by atoms with Gasteiger partial charge in [-0.1, -0.05) is 18.2 Å². The van der Waals surface area contributed by atoms with Crippen molar-refractivity contribution in [3.8, 4) is 17.2 Å². The molecule has 4 heteroatoms. The molecule has 88 valence electrons. The van der Waals surface area contributed by atoms with E-state index in [1.54, 1.807) is 18.2 Å². The summed E-state index contributed by atoms with van der Waals surface area (Å²) in [5, 5.41) is 11.2. The number of phenols is 1. The second-order valence-corrected chi connectivity index (χ2v) is 3.45. The van der Waals surface area contributed by atoms with Crippen molar-refractivity contribution in [2.24, 2.45) is 0 Å². The van der Waals surface area contributed by atoms with E-state index in [-0.39, 0.29) is 12.4 Å². The molecule has 0 aromatic heterocycles. The molecule has 0 spiro atoms. The number of hydrogen-bond donors (Lipinski definition) is 1. The minimum absolute atomic E-state index is 0.0796. The van der Waals surface area contributed by atoms with E-state index in [1.165, 1.54) is 7.11 Å². The third-order valence-corrected chi connectivity index (χ3v) is 2.46. The first-order valence-electron chi connectivity index (χ1n) is 5.13. The van der Waals surface area contributed by atoms with E-state index in [1.807, 2.05) is 12.1 Å². The molecule has 0 aliphatic rings. The summed E-state index contributed by atoms with van der Waals surface area (Å²) in [6, 6.07) is 8.72. The van der Waals surface area contributed by atoms with E-state index < -0.39 is 0 Å². The average Bonchev–Trinajstić information content (AvgIpc) is 2.36. The minimum atomic E-state index is -0.0796. The molecule has 2 rings (SSSR count). The maximum Gasteiger partial charge on any atom is 0.173 e. The maximum absolute atomic E-state index is 10.4. The van der Waals surface area contributed by atoms with Crippen LogP contribution < -0.4 is 9.47 Å². The number of phenolic OH excluding ortho intramolecular Hbond substituents is 1. The Labute approximate surface area is 98.4 Å². The van der Waals surface area contributed by atoms with Crippen LogP contribution in [0.3, 0.4) is 0 Å². The van der Waals surface area contributed by atoms with Crippen LogP contribution >= 0.6 is 0 Å². The number of hydrogen-bond acceptors (Lipinski definition) is 4. The SMILES string of the molecule is COc1ccc2cccc(O)c2c1OCC=O. The molecule has 0 aliphatic carbocycles. The molecular formula is C13H12O4. The van der Waals surface area contributed by atoms with Crippen molar-refractivity contribution in [1.29, 1.82) is 0 Å². The smallest absolute Gasteiger partial charge is 0.173 e. The summed E-state index contributed by atoms with van der Waals surface area (Å²) in [5.74, 6) is 0.971. The molecule has 0 heterocycles. The van der Waals surface area contributed by atoms with Crippen molar-refractivity contribution < 1.29 is 19.4 Å². The van der Waals surface area contributed by atoms with Gasteiger partial charge in [-0.2, -0.15) is 0 Å². The summed E-state index contributed by atoms with van der Waals surface area (Å²) in [7, 11) is 1.51. The molecule has 0 saturated carbocycles. The van der Waals surface area contributed by atoms with Crippen LogP contribution in [0, 0.1) is 0 Å². The summed E-state index contributed by atoms with van der Waals surface area (Å²) in [5.41, 5.74) is 0. The molecular weight excluding hydrogens is 220 g/mol. The summed E-state index contributed by atoms with van der Waals surface area (Å²) >= 11 is 0. The first-order valence-corrected chi connectivity index (χ1v) is 5.13. The van der Waals surface area contributed by atoms with Gasteiger partial charge in [0.25, 0.3) is 0 Å². The molecule has 0 fully saturated rings.